The van der Waals surface area contributed by atoms with Gasteiger partial charge in [0.15, 0.2) is 0 Å². The number of primary amides is 1. The third kappa shape index (κ3) is 2.80. The summed E-state index contributed by atoms with van der Waals surface area (Å²) in [6.07, 6.45) is 1.82. The molecule has 1 amide bonds. The summed E-state index contributed by atoms with van der Waals surface area (Å²) < 4.78 is 0. The standard InChI is InChI=1S/C6H12ClNOS/c1-6(2,7)4(10-3)5(8)9/h4H,1-3H3,(H2,8,9). The molecule has 4 heteroatoms. The highest BCUT2D eigenvalue weighted by Gasteiger charge is 2.30. The first-order chi connectivity index (χ1) is 4.39. The summed E-state index contributed by atoms with van der Waals surface area (Å²) in [4.78, 5) is 10.1. The number of hydrogen-bond acceptors (Lipinski definition) is 2. The van der Waals surface area contributed by atoms with Gasteiger partial charge in [-0.25, -0.2) is 0 Å². The van der Waals surface area contributed by atoms with Crippen LogP contribution in [0, 0.1) is 0 Å². The fourth-order valence-corrected chi connectivity index (χ4v) is 1.90. The van der Waals surface area contributed by atoms with Crippen LogP contribution in [-0.2, 0) is 4.79 Å². The maximum atomic E-state index is 10.7. The molecule has 0 fully saturated rings. The van der Waals surface area contributed by atoms with Gasteiger partial charge in [-0.15, -0.1) is 11.6 Å². The Balaban J connectivity index is 4.22. The van der Waals surface area contributed by atoms with Crippen molar-refractivity contribution in [2.75, 3.05) is 6.26 Å². The lowest BCUT2D eigenvalue weighted by Crippen LogP contribution is -2.39. The topological polar surface area (TPSA) is 43.1 Å². The molecule has 2 nitrogen and oxygen atoms in total. The van der Waals surface area contributed by atoms with Gasteiger partial charge in [-0.2, -0.15) is 11.8 Å². The zero-order valence-corrected chi connectivity index (χ0v) is 7.92. The minimum atomic E-state index is -0.550. The Hall–Kier alpha value is 0.110. The lowest BCUT2D eigenvalue weighted by Gasteiger charge is -2.23. The number of thioether (sulfide) groups is 1. The van der Waals surface area contributed by atoms with Crippen LogP contribution in [0.15, 0.2) is 0 Å². The minimum absolute atomic E-state index is 0.311. The van der Waals surface area contributed by atoms with Crippen molar-refractivity contribution in [1.29, 1.82) is 0 Å². The molecule has 1 atom stereocenters. The van der Waals surface area contributed by atoms with Crippen molar-refractivity contribution < 1.29 is 4.79 Å². The SMILES string of the molecule is CSC(C(N)=O)C(C)(C)Cl. The van der Waals surface area contributed by atoms with Gasteiger partial charge in [0, 0.05) is 0 Å². The molecular weight excluding hydrogens is 170 g/mol. The van der Waals surface area contributed by atoms with Crippen LogP contribution in [0.5, 0.6) is 0 Å². The van der Waals surface area contributed by atoms with Gasteiger partial charge < -0.3 is 5.73 Å². The third-order valence-electron chi connectivity index (χ3n) is 1.12. The van der Waals surface area contributed by atoms with Crippen molar-refractivity contribution in [1.82, 2.24) is 0 Å². The van der Waals surface area contributed by atoms with E-state index in [-0.39, 0.29) is 11.2 Å². The van der Waals surface area contributed by atoms with Crippen LogP contribution in [0.4, 0.5) is 0 Å². The number of nitrogens with two attached hydrogens (primary N) is 1. The Morgan fingerprint density at radius 2 is 2.10 bits per heavy atom. The molecule has 60 valence electrons. The molecule has 0 spiro atoms. The second kappa shape index (κ2) is 3.49. The summed E-state index contributed by atoms with van der Waals surface area (Å²) in [7, 11) is 0. The third-order valence-corrected chi connectivity index (χ3v) is 2.76. The van der Waals surface area contributed by atoms with E-state index in [4.69, 9.17) is 17.3 Å². The molecule has 2 N–H and O–H groups in total. The molecule has 0 radical (unpaired) electrons. The molecule has 0 saturated carbocycles. The predicted octanol–water partition coefficient (Wildman–Crippen LogP) is 1.22. The fourth-order valence-electron chi connectivity index (χ4n) is 0.735. The van der Waals surface area contributed by atoms with Crippen LogP contribution < -0.4 is 5.73 Å². The van der Waals surface area contributed by atoms with E-state index in [1.54, 1.807) is 13.8 Å². The highest BCUT2D eigenvalue weighted by atomic mass is 35.5. The van der Waals surface area contributed by atoms with Crippen LogP contribution in [0.1, 0.15) is 13.8 Å². The number of hydrogen-bond donors (Lipinski definition) is 1. The molecule has 10 heavy (non-hydrogen) atoms. The molecule has 0 saturated heterocycles. The highest BCUT2D eigenvalue weighted by molar-refractivity contribution is 8.00. The van der Waals surface area contributed by atoms with E-state index in [1.165, 1.54) is 11.8 Å². The van der Waals surface area contributed by atoms with Crippen LogP contribution in [0.3, 0.4) is 0 Å². The number of halogens is 1. The second-order valence-electron chi connectivity index (χ2n) is 2.58. The molecule has 0 aromatic rings. The van der Waals surface area contributed by atoms with E-state index in [0.29, 0.717) is 0 Å². The van der Waals surface area contributed by atoms with Gasteiger partial charge in [-0.1, -0.05) is 0 Å². The normalized spacial score (nSPS) is 14.8. The van der Waals surface area contributed by atoms with Crippen molar-refractivity contribution >= 4 is 29.3 Å². The minimum Gasteiger partial charge on any atom is -0.369 e. The van der Waals surface area contributed by atoms with E-state index >= 15 is 0 Å². The molecule has 0 aromatic carbocycles. The van der Waals surface area contributed by atoms with Gasteiger partial charge in [0.2, 0.25) is 5.91 Å². The van der Waals surface area contributed by atoms with Crippen molar-refractivity contribution in [3.05, 3.63) is 0 Å². The van der Waals surface area contributed by atoms with Crippen LogP contribution in [0.2, 0.25) is 0 Å². The Morgan fingerprint density at radius 3 is 2.10 bits per heavy atom. The Labute approximate surface area is 70.5 Å². The van der Waals surface area contributed by atoms with Crippen molar-refractivity contribution in [3.63, 3.8) is 0 Å². The van der Waals surface area contributed by atoms with E-state index in [9.17, 15) is 4.79 Å². The molecule has 0 rings (SSSR count). The quantitative estimate of drug-likeness (QED) is 0.666. The van der Waals surface area contributed by atoms with Crippen LogP contribution >= 0.6 is 23.4 Å². The molecule has 1 unspecified atom stereocenters. The van der Waals surface area contributed by atoms with E-state index in [0.717, 1.165) is 0 Å². The van der Waals surface area contributed by atoms with Gasteiger partial charge in [0.1, 0.15) is 5.25 Å². The molecule has 0 aliphatic carbocycles. The monoisotopic (exact) mass is 181 g/mol. The zero-order chi connectivity index (χ0) is 8.36. The first-order valence-electron chi connectivity index (χ1n) is 2.90. The Morgan fingerprint density at radius 1 is 1.70 bits per heavy atom. The number of carbonyl (C=O) groups is 1. The maximum absolute atomic E-state index is 10.7. The number of alkyl halides is 1. The van der Waals surface area contributed by atoms with Crippen molar-refractivity contribution in [3.8, 4) is 0 Å². The van der Waals surface area contributed by atoms with Crippen molar-refractivity contribution in [2.45, 2.75) is 24.0 Å². The van der Waals surface area contributed by atoms with Gasteiger partial charge in [-0.05, 0) is 20.1 Å². The summed E-state index contributed by atoms with van der Waals surface area (Å²) >= 11 is 7.25. The van der Waals surface area contributed by atoms with E-state index in [1.807, 2.05) is 6.26 Å². The summed E-state index contributed by atoms with van der Waals surface area (Å²) in [6.45, 7) is 3.56. The molecule has 0 aromatic heterocycles. The highest BCUT2D eigenvalue weighted by Crippen LogP contribution is 2.26. The molecule has 0 heterocycles. The fraction of sp³-hybridized carbons (Fsp3) is 0.833. The summed E-state index contributed by atoms with van der Waals surface area (Å²) in [5, 5.41) is -0.311. The first-order valence-corrected chi connectivity index (χ1v) is 4.57. The largest absolute Gasteiger partial charge is 0.369 e. The Kier molecular flexibility index (Phi) is 3.52. The predicted molar refractivity (Wildman–Crippen MR) is 46.4 cm³/mol. The van der Waals surface area contributed by atoms with Crippen LogP contribution in [0.25, 0.3) is 0 Å². The van der Waals surface area contributed by atoms with E-state index in [2.05, 4.69) is 0 Å². The molecule has 0 aliphatic rings. The zero-order valence-electron chi connectivity index (χ0n) is 6.35. The number of carbonyl (C=O) groups excluding carboxylic acids is 1. The number of amides is 1. The summed E-state index contributed by atoms with van der Waals surface area (Å²) in [6, 6.07) is 0. The van der Waals surface area contributed by atoms with Gasteiger partial charge in [0.05, 0.1) is 4.87 Å². The van der Waals surface area contributed by atoms with Gasteiger partial charge in [0.25, 0.3) is 0 Å². The lowest BCUT2D eigenvalue weighted by molar-refractivity contribution is -0.117. The second-order valence-corrected chi connectivity index (χ2v) is 4.50. The average Bonchev–Trinajstić information content (AvgIpc) is 1.60. The Bertz CT molecular complexity index is 132. The first kappa shape index (κ1) is 10.1. The maximum Gasteiger partial charge on any atom is 0.232 e. The smallest absolute Gasteiger partial charge is 0.232 e. The average molecular weight is 182 g/mol. The molecule has 0 bridgehead atoms. The molecule has 0 aliphatic heterocycles. The lowest BCUT2D eigenvalue weighted by atomic mass is 10.1. The number of rotatable bonds is 3. The molecular formula is C6H12ClNOS. The van der Waals surface area contributed by atoms with E-state index < -0.39 is 4.87 Å². The summed E-state index contributed by atoms with van der Waals surface area (Å²) in [5.74, 6) is -0.354. The van der Waals surface area contributed by atoms with Gasteiger partial charge >= 0.3 is 0 Å². The van der Waals surface area contributed by atoms with Crippen LogP contribution in [-0.4, -0.2) is 22.3 Å². The summed E-state index contributed by atoms with van der Waals surface area (Å²) in [5.41, 5.74) is 5.09. The van der Waals surface area contributed by atoms with Gasteiger partial charge in [-0.3, -0.25) is 4.79 Å². The van der Waals surface area contributed by atoms with Crippen molar-refractivity contribution in [2.24, 2.45) is 5.73 Å².